The van der Waals surface area contributed by atoms with E-state index < -0.39 is 5.60 Å². The van der Waals surface area contributed by atoms with Gasteiger partial charge in [-0.05, 0) is 47.9 Å². The number of benzene rings is 3. The van der Waals surface area contributed by atoms with E-state index in [4.69, 9.17) is 21.1 Å². The predicted molar refractivity (Wildman–Crippen MR) is 129 cm³/mol. The highest BCUT2D eigenvalue weighted by molar-refractivity contribution is 6.30. The number of halogens is 1. The standard InChI is InChI=1S/C27H30ClNO3/c1-2-32-25-14-10-23(11-15-25)27(30,22-6-4-3-5-7-22)26(20-29-16-18-31-19-17-29)21-8-12-24(28)13-9-21/h3-15,26,30H,2,16-20H2,1H3. The average Bonchev–Trinajstić information content (AvgIpc) is 2.85. The van der Waals surface area contributed by atoms with Crippen LogP contribution < -0.4 is 4.74 Å². The Morgan fingerprint density at radius 1 is 0.938 bits per heavy atom. The third kappa shape index (κ3) is 5.00. The molecule has 0 aromatic heterocycles. The maximum atomic E-state index is 12.6. The summed E-state index contributed by atoms with van der Waals surface area (Å²) in [5.74, 6) is 0.584. The van der Waals surface area contributed by atoms with Crippen LogP contribution in [0.15, 0.2) is 78.9 Å². The van der Waals surface area contributed by atoms with E-state index in [1.54, 1.807) is 0 Å². The topological polar surface area (TPSA) is 41.9 Å². The normalized spacial score (nSPS) is 17.5. The van der Waals surface area contributed by atoms with Gasteiger partial charge >= 0.3 is 0 Å². The minimum Gasteiger partial charge on any atom is -0.494 e. The van der Waals surface area contributed by atoms with Crippen molar-refractivity contribution in [1.82, 2.24) is 4.90 Å². The minimum absolute atomic E-state index is 0.210. The largest absolute Gasteiger partial charge is 0.494 e. The van der Waals surface area contributed by atoms with Gasteiger partial charge < -0.3 is 14.6 Å². The van der Waals surface area contributed by atoms with Crippen LogP contribution in [0.3, 0.4) is 0 Å². The molecular weight excluding hydrogens is 422 g/mol. The fourth-order valence-electron chi connectivity index (χ4n) is 4.45. The van der Waals surface area contributed by atoms with Crippen molar-refractivity contribution in [3.8, 4) is 5.75 Å². The van der Waals surface area contributed by atoms with E-state index in [-0.39, 0.29) is 5.92 Å². The van der Waals surface area contributed by atoms with Crippen LogP contribution in [0.5, 0.6) is 5.75 Å². The van der Waals surface area contributed by atoms with Crippen molar-refractivity contribution >= 4 is 11.6 Å². The molecule has 0 radical (unpaired) electrons. The van der Waals surface area contributed by atoms with Gasteiger partial charge in [0, 0.05) is 30.6 Å². The Balaban J connectivity index is 1.82. The minimum atomic E-state index is -1.24. The molecule has 0 saturated carbocycles. The lowest BCUT2D eigenvalue weighted by Crippen LogP contribution is -2.45. The molecule has 5 heteroatoms. The first kappa shape index (κ1) is 22.8. The van der Waals surface area contributed by atoms with E-state index in [1.807, 2.05) is 85.8 Å². The van der Waals surface area contributed by atoms with Gasteiger partial charge in [0.25, 0.3) is 0 Å². The Bertz CT molecular complexity index is 972. The lowest BCUT2D eigenvalue weighted by atomic mass is 9.72. The second kappa shape index (κ2) is 10.5. The number of aliphatic hydroxyl groups is 1. The van der Waals surface area contributed by atoms with E-state index in [9.17, 15) is 5.11 Å². The van der Waals surface area contributed by atoms with E-state index in [0.29, 0.717) is 31.4 Å². The maximum absolute atomic E-state index is 12.6. The van der Waals surface area contributed by atoms with Crippen LogP contribution in [-0.2, 0) is 10.3 Å². The highest BCUT2D eigenvalue weighted by atomic mass is 35.5. The molecule has 0 spiro atoms. The number of nitrogens with zero attached hydrogens (tertiary/aromatic N) is 1. The zero-order valence-corrected chi connectivity index (χ0v) is 19.2. The van der Waals surface area contributed by atoms with E-state index in [1.165, 1.54) is 0 Å². The SMILES string of the molecule is CCOc1ccc(C(O)(c2ccccc2)C(CN2CCOCC2)c2ccc(Cl)cc2)cc1. The molecule has 1 N–H and O–H groups in total. The molecule has 168 valence electrons. The van der Waals surface area contributed by atoms with Crippen molar-refractivity contribution in [1.29, 1.82) is 0 Å². The molecule has 1 fully saturated rings. The lowest BCUT2D eigenvalue weighted by Gasteiger charge is -2.41. The molecule has 3 aromatic carbocycles. The third-order valence-corrected chi connectivity index (χ3v) is 6.39. The molecule has 4 nitrogen and oxygen atoms in total. The number of hydrogen-bond donors (Lipinski definition) is 1. The van der Waals surface area contributed by atoms with Gasteiger partial charge in [0.05, 0.1) is 19.8 Å². The van der Waals surface area contributed by atoms with Gasteiger partial charge in [-0.1, -0.05) is 66.2 Å². The molecule has 1 aliphatic heterocycles. The van der Waals surface area contributed by atoms with Crippen LogP contribution in [0.1, 0.15) is 29.5 Å². The smallest absolute Gasteiger partial charge is 0.123 e. The van der Waals surface area contributed by atoms with Crippen LogP contribution in [-0.4, -0.2) is 49.5 Å². The highest BCUT2D eigenvalue weighted by Gasteiger charge is 2.42. The summed E-state index contributed by atoms with van der Waals surface area (Å²) in [6.07, 6.45) is 0. The average molecular weight is 452 g/mol. The van der Waals surface area contributed by atoms with Crippen LogP contribution in [0, 0.1) is 0 Å². The summed E-state index contributed by atoms with van der Waals surface area (Å²) in [5, 5.41) is 13.2. The van der Waals surface area contributed by atoms with Gasteiger partial charge in [-0.25, -0.2) is 0 Å². The van der Waals surface area contributed by atoms with Gasteiger partial charge in [0.15, 0.2) is 0 Å². The van der Waals surface area contributed by atoms with Crippen molar-refractivity contribution in [2.45, 2.75) is 18.4 Å². The van der Waals surface area contributed by atoms with Gasteiger partial charge in [0.2, 0.25) is 0 Å². The fraction of sp³-hybridized carbons (Fsp3) is 0.333. The molecule has 1 heterocycles. The Kier molecular flexibility index (Phi) is 7.48. The first-order valence-corrected chi connectivity index (χ1v) is 11.6. The number of rotatable bonds is 8. The summed E-state index contributed by atoms with van der Waals surface area (Å²) in [6, 6.07) is 25.6. The fourth-order valence-corrected chi connectivity index (χ4v) is 4.57. The van der Waals surface area contributed by atoms with Gasteiger partial charge in [-0.3, -0.25) is 4.90 Å². The Morgan fingerprint density at radius 2 is 1.56 bits per heavy atom. The van der Waals surface area contributed by atoms with Gasteiger partial charge in [-0.15, -0.1) is 0 Å². The van der Waals surface area contributed by atoms with Crippen molar-refractivity contribution in [3.63, 3.8) is 0 Å². The molecule has 32 heavy (non-hydrogen) atoms. The van der Waals surface area contributed by atoms with Crippen LogP contribution >= 0.6 is 11.6 Å². The highest BCUT2D eigenvalue weighted by Crippen LogP contribution is 2.43. The number of ether oxygens (including phenoxy) is 2. The summed E-state index contributed by atoms with van der Waals surface area (Å²) < 4.78 is 11.2. The zero-order valence-electron chi connectivity index (χ0n) is 18.4. The molecule has 0 aliphatic carbocycles. The van der Waals surface area contributed by atoms with Crippen molar-refractivity contribution in [2.24, 2.45) is 0 Å². The van der Waals surface area contributed by atoms with E-state index >= 15 is 0 Å². The van der Waals surface area contributed by atoms with Crippen LogP contribution in [0.25, 0.3) is 0 Å². The summed E-state index contributed by atoms with van der Waals surface area (Å²) in [7, 11) is 0. The molecule has 4 rings (SSSR count). The van der Waals surface area contributed by atoms with Crippen molar-refractivity contribution in [2.75, 3.05) is 39.5 Å². The summed E-state index contributed by atoms with van der Waals surface area (Å²) in [5.41, 5.74) is 1.50. The molecule has 3 aromatic rings. The molecule has 0 amide bonds. The molecule has 0 bridgehead atoms. The second-order valence-electron chi connectivity index (χ2n) is 8.11. The summed E-state index contributed by atoms with van der Waals surface area (Å²) in [6.45, 7) is 6.38. The van der Waals surface area contributed by atoms with Gasteiger partial charge in [-0.2, -0.15) is 0 Å². The molecule has 1 aliphatic rings. The van der Waals surface area contributed by atoms with E-state index in [2.05, 4.69) is 4.90 Å². The lowest BCUT2D eigenvalue weighted by molar-refractivity contribution is 0.000751. The third-order valence-electron chi connectivity index (χ3n) is 6.14. The van der Waals surface area contributed by atoms with Crippen LogP contribution in [0.2, 0.25) is 5.02 Å². The second-order valence-corrected chi connectivity index (χ2v) is 8.54. The molecule has 2 unspecified atom stereocenters. The first-order valence-electron chi connectivity index (χ1n) is 11.2. The predicted octanol–water partition coefficient (Wildman–Crippen LogP) is 5.09. The number of morpholine rings is 1. The van der Waals surface area contributed by atoms with Crippen LogP contribution in [0.4, 0.5) is 0 Å². The van der Waals surface area contributed by atoms with Crippen molar-refractivity contribution in [3.05, 3.63) is 101 Å². The Labute approximate surface area is 195 Å². The van der Waals surface area contributed by atoms with Crippen molar-refractivity contribution < 1.29 is 14.6 Å². The summed E-state index contributed by atoms with van der Waals surface area (Å²) >= 11 is 6.20. The first-order chi connectivity index (χ1) is 15.6. The number of hydrogen-bond acceptors (Lipinski definition) is 4. The monoisotopic (exact) mass is 451 g/mol. The molecule has 2 atom stereocenters. The van der Waals surface area contributed by atoms with E-state index in [0.717, 1.165) is 35.5 Å². The van der Waals surface area contributed by atoms with Gasteiger partial charge in [0.1, 0.15) is 11.4 Å². The maximum Gasteiger partial charge on any atom is 0.123 e. The quantitative estimate of drug-likeness (QED) is 0.518. The summed E-state index contributed by atoms with van der Waals surface area (Å²) in [4.78, 5) is 2.37. The Morgan fingerprint density at radius 3 is 2.19 bits per heavy atom. The zero-order chi connectivity index (χ0) is 22.4. The molecule has 1 saturated heterocycles. The molecular formula is C27H30ClNO3. The Hall–Kier alpha value is -2.37.